The van der Waals surface area contributed by atoms with Gasteiger partial charge in [0.2, 0.25) is 6.29 Å². The number of aromatic hydroxyl groups is 2. The Kier molecular flexibility index (Phi) is 11.8. The first-order valence-electron chi connectivity index (χ1n) is 16.6. The highest BCUT2D eigenvalue weighted by Crippen LogP contribution is 2.37. The number of non-ortho nitro benzene ring substituents is 1. The van der Waals surface area contributed by atoms with Crippen molar-refractivity contribution in [3.05, 3.63) is 76.1 Å². The highest BCUT2D eigenvalue weighted by atomic mass is 32.1. The Morgan fingerprint density at radius 1 is 0.927 bits per heavy atom. The predicted octanol–water partition coefficient (Wildman–Crippen LogP) is 0.756. The molecule has 0 amide bonds. The van der Waals surface area contributed by atoms with Crippen molar-refractivity contribution in [2.75, 3.05) is 19.0 Å². The number of aliphatic hydroxyl groups excluding tert-OH is 6. The Morgan fingerprint density at radius 2 is 1.69 bits per heavy atom. The lowest BCUT2D eigenvalue weighted by Gasteiger charge is -2.45. The van der Waals surface area contributed by atoms with Crippen LogP contribution in [0.4, 0.5) is 11.4 Å². The van der Waals surface area contributed by atoms with Crippen LogP contribution in [0.2, 0.25) is 0 Å². The topological polar surface area (TPSA) is 289 Å². The normalized spacial score (nSPS) is 28.5. The van der Waals surface area contributed by atoms with Crippen LogP contribution in [0.3, 0.4) is 0 Å². The van der Waals surface area contributed by atoms with Crippen molar-refractivity contribution in [2.45, 2.75) is 68.3 Å². The number of rotatable bonds is 9. The molecule has 4 aromatic rings. The lowest BCUT2D eigenvalue weighted by molar-refractivity contribution is -0.384. The molecule has 294 valence electrons. The van der Waals surface area contributed by atoms with Crippen molar-refractivity contribution in [1.29, 1.82) is 0 Å². The van der Waals surface area contributed by atoms with Crippen molar-refractivity contribution in [3.63, 3.8) is 0 Å². The Balaban J connectivity index is 1.40. The van der Waals surface area contributed by atoms with E-state index in [9.17, 15) is 51.0 Å². The van der Waals surface area contributed by atoms with Gasteiger partial charge in [0.05, 0.1) is 35.5 Å². The Bertz CT molecular complexity index is 2130. The molecule has 2 aliphatic heterocycles. The van der Waals surface area contributed by atoms with Crippen LogP contribution in [0.15, 0.2) is 70.1 Å². The highest BCUT2D eigenvalue weighted by molar-refractivity contribution is 7.80. The van der Waals surface area contributed by atoms with Gasteiger partial charge in [-0.3, -0.25) is 10.1 Å². The summed E-state index contributed by atoms with van der Waals surface area (Å²) < 4.78 is 34.3. The second-order valence-corrected chi connectivity index (χ2v) is 13.0. The van der Waals surface area contributed by atoms with E-state index in [0.717, 1.165) is 6.07 Å². The summed E-state index contributed by atoms with van der Waals surface area (Å²) >= 11 is 5.44. The number of hydrogen-bond donors (Lipinski definition) is 9. The number of nitrogens with zero attached hydrogens (tertiary/aromatic N) is 2. The number of nitro groups is 1. The first-order valence-corrected chi connectivity index (χ1v) is 17.0. The number of nitrogens with one attached hydrogen (secondary N) is 1. The monoisotopic (exact) mass is 787 g/mol. The molecular weight excluding hydrogens is 750 g/mol. The molecule has 0 unspecified atom stereocenters. The Labute approximate surface area is 316 Å². The zero-order valence-electron chi connectivity index (χ0n) is 28.9. The van der Waals surface area contributed by atoms with Gasteiger partial charge >= 0.3 is 0 Å². The van der Waals surface area contributed by atoms with Gasteiger partial charge in [-0.25, -0.2) is 4.99 Å². The summed E-state index contributed by atoms with van der Waals surface area (Å²) in [4.78, 5) is 15.2. The van der Waals surface area contributed by atoms with Gasteiger partial charge in [0, 0.05) is 41.6 Å². The standard InChI is InChI=1S/C35H37N3O16S/c1-14-27(42)29(44)31(46)33(50-14)54-32-30(45)28(43)25(13-39)53-34(32)51-18-10-21(41)26-19(37-35(55)36-16-4-3-5-17(9-16)38(47)48)12-23(52-24(26)11-18)15-6-7-22(49-2)20(40)8-15/h3-12,14,25,27-34,39-46H,13H2,1-2H3,(H,36,55)/b37-19+/t14-,25+,27-,28+,29+,30-,31+,32+,33-,34+/m0/s1. The van der Waals surface area contributed by atoms with Crippen LogP contribution in [0, 0.1) is 10.1 Å². The number of aliphatic hydroxyl groups is 6. The second-order valence-electron chi connectivity index (χ2n) is 12.7. The average Bonchev–Trinajstić information content (AvgIpc) is 3.15. The third-order valence-corrected chi connectivity index (χ3v) is 9.16. The number of phenolic OH excluding ortho intramolecular Hbond substituents is 2. The summed E-state index contributed by atoms with van der Waals surface area (Å²) in [5.74, 6) is -0.582. The number of hydrogen-bond acceptors (Lipinski definition) is 17. The Morgan fingerprint density at radius 3 is 2.38 bits per heavy atom. The molecule has 2 aliphatic rings. The predicted molar refractivity (Wildman–Crippen MR) is 192 cm³/mol. The number of nitro benzene ring substituents is 1. The van der Waals surface area contributed by atoms with Crippen molar-refractivity contribution in [3.8, 4) is 34.3 Å². The van der Waals surface area contributed by atoms with Crippen molar-refractivity contribution < 1.29 is 73.9 Å². The minimum atomic E-state index is -1.82. The van der Waals surface area contributed by atoms with Crippen LogP contribution in [0.25, 0.3) is 22.3 Å². The first-order chi connectivity index (χ1) is 26.2. The van der Waals surface area contributed by atoms with E-state index in [-0.39, 0.29) is 55.8 Å². The highest BCUT2D eigenvalue weighted by Gasteiger charge is 2.51. The number of ether oxygens (including phenoxy) is 5. The molecular formula is C35H37N3O16S. The maximum Gasteiger partial charge on any atom is 0.271 e. The number of anilines is 1. The van der Waals surface area contributed by atoms with E-state index in [1.54, 1.807) is 6.07 Å². The zero-order valence-corrected chi connectivity index (χ0v) is 29.7. The molecule has 0 saturated carbocycles. The molecule has 1 aromatic heterocycles. The molecule has 3 heterocycles. The summed E-state index contributed by atoms with van der Waals surface area (Å²) in [6.07, 6.45) is -15.9. The molecule has 0 spiro atoms. The maximum absolute atomic E-state index is 11.4. The van der Waals surface area contributed by atoms with Gasteiger partial charge in [0.25, 0.3) is 5.69 Å². The molecule has 10 atom stereocenters. The first kappa shape index (κ1) is 39.7. The lowest BCUT2D eigenvalue weighted by Crippen LogP contribution is -2.64. The van der Waals surface area contributed by atoms with E-state index >= 15 is 0 Å². The van der Waals surface area contributed by atoms with Crippen molar-refractivity contribution in [1.82, 2.24) is 0 Å². The van der Waals surface area contributed by atoms with Gasteiger partial charge in [0.15, 0.2) is 29.0 Å². The molecule has 19 nitrogen and oxygen atoms in total. The van der Waals surface area contributed by atoms with E-state index in [0.29, 0.717) is 5.56 Å². The zero-order chi connectivity index (χ0) is 39.7. The van der Waals surface area contributed by atoms with Crippen LogP contribution in [-0.2, 0) is 14.2 Å². The van der Waals surface area contributed by atoms with Crippen LogP contribution in [-0.4, -0.2) is 126 Å². The molecule has 3 aromatic carbocycles. The fourth-order valence-corrected chi connectivity index (χ4v) is 6.29. The number of fused-ring (bicyclic) bond motifs is 1. The van der Waals surface area contributed by atoms with Gasteiger partial charge in [-0.1, -0.05) is 6.07 Å². The third kappa shape index (κ3) is 8.33. The van der Waals surface area contributed by atoms with E-state index in [4.69, 9.17) is 40.3 Å². The van der Waals surface area contributed by atoms with Crippen molar-refractivity contribution in [2.24, 2.45) is 4.99 Å². The number of benzene rings is 3. The number of methoxy groups -OCH3 is 1. The SMILES string of the molecule is COc1ccc(-c2c/c(=N\C(=S)Nc3cccc([N+](=O)[O-])c3)c3c(O)cc(O[C@@H]4O[C@H](CO)[C@@H](O)[C@H](O)[C@H]4O[C@@H]4O[C@@H](C)[C@H](O)[C@@H](O)[C@H]4O)cc3o2)cc1O. The molecule has 2 fully saturated rings. The summed E-state index contributed by atoms with van der Waals surface area (Å²) in [7, 11) is 1.37. The largest absolute Gasteiger partial charge is 0.507 e. The Hall–Kier alpha value is -5.00. The molecule has 2 saturated heterocycles. The number of phenols is 2. The quantitative estimate of drug-likeness (QED) is 0.0643. The molecule has 0 radical (unpaired) electrons. The molecule has 9 N–H and O–H groups in total. The van der Waals surface area contributed by atoms with Gasteiger partial charge < -0.3 is 74.3 Å². The fraction of sp³-hybridized carbons (Fsp3) is 0.371. The van der Waals surface area contributed by atoms with Crippen LogP contribution in [0.5, 0.6) is 23.0 Å². The van der Waals surface area contributed by atoms with Gasteiger partial charge in [-0.05, 0) is 43.4 Å². The maximum atomic E-state index is 11.4. The van der Waals surface area contributed by atoms with Crippen LogP contribution >= 0.6 is 12.2 Å². The average molecular weight is 788 g/mol. The lowest BCUT2D eigenvalue weighted by atomic mass is 9.97. The van der Waals surface area contributed by atoms with Gasteiger partial charge in [-0.2, -0.15) is 0 Å². The smallest absolute Gasteiger partial charge is 0.271 e. The number of thiocarbonyl (C=S) groups is 1. The molecule has 55 heavy (non-hydrogen) atoms. The van der Waals surface area contributed by atoms with E-state index < -0.39 is 78.7 Å². The minimum absolute atomic E-state index is 0.0124. The second kappa shape index (κ2) is 16.4. The molecule has 0 aliphatic carbocycles. The summed E-state index contributed by atoms with van der Waals surface area (Å²) in [6, 6.07) is 13.8. The van der Waals surface area contributed by atoms with E-state index in [1.165, 1.54) is 62.6 Å². The summed E-state index contributed by atoms with van der Waals surface area (Å²) in [5.41, 5.74) is 0.333. The molecule has 6 rings (SSSR count). The van der Waals surface area contributed by atoms with Crippen LogP contribution in [0.1, 0.15) is 6.92 Å². The van der Waals surface area contributed by atoms with Crippen LogP contribution < -0.4 is 20.1 Å². The van der Waals surface area contributed by atoms with Gasteiger partial charge in [-0.15, -0.1) is 0 Å². The summed E-state index contributed by atoms with van der Waals surface area (Å²) in [6.45, 7) is 0.648. The fourth-order valence-electron chi connectivity index (χ4n) is 6.07. The minimum Gasteiger partial charge on any atom is -0.507 e. The van der Waals surface area contributed by atoms with E-state index in [2.05, 4.69) is 10.3 Å². The van der Waals surface area contributed by atoms with Gasteiger partial charge in [0.1, 0.15) is 59.5 Å². The van der Waals surface area contributed by atoms with E-state index in [1.807, 2.05) is 0 Å². The molecule has 0 bridgehead atoms. The summed E-state index contributed by atoms with van der Waals surface area (Å²) in [5, 5.41) is 98.4. The molecule has 20 heteroatoms. The van der Waals surface area contributed by atoms with Crippen molar-refractivity contribution >= 4 is 39.7 Å². The third-order valence-electron chi connectivity index (χ3n) is 8.97.